The molecule has 0 fully saturated rings. The third-order valence-electron chi connectivity index (χ3n) is 2.87. The lowest BCUT2D eigenvalue weighted by molar-refractivity contribution is 0.212. The number of aromatic nitrogens is 2. The monoisotopic (exact) mass is 250 g/mol. The third kappa shape index (κ3) is 1.53. The zero-order chi connectivity index (χ0) is 12.7. The number of hydrogen-bond acceptors (Lipinski definition) is 4. The molecule has 2 aromatic rings. The number of fused-ring (bicyclic) bond motifs is 2. The molecule has 3 rings (SSSR count). The standard InChI is InChI=1S/C12H8F2N2O2/c13-8-2-1-6-7(10(8)14)4-18-9-3-15-5-16-11(9)12(6)17/h1-3,5,12,17H,4H2. The first kappa shape index (κ1) is 11.0. The van der Waals surface area contributed by atoms with Crippen molar-refractivity contribution in [2.75, 3.05) is 0 Å². The second-order valence-corrected chi connectivity index (χ2v) is 3.89. The summed E-state index contributed by atoms with van der Waals surface area (Å²) in [6.07, 6.45) is 1.48. The molecule has 1 unspecified atom stereocenters. The Balaban J connectivity index is 2.21. The van der Waals surface area contributed by atoms with E-state index in [-0.39, 0.29) is 29.2 Å². The van der Waals surface area contributed by atoms with Crippen LogP contribution in [0.15, 0.2) is 24.7 Å². The molecule has 6 heteroatoms. The fraction of sp³-hybridized carbons (Fsp3) is 0.167. The fourth-order valence-electron chi connectivity index (χ4n) is 1.95. The van der Waals surface area contributed by atoms with E-state index in [1.165, 1.54) is 18.6 Å². The van der Waals surface area contributed by atoms with Crippen LogP contribution in [0.1, 0.15) is 22.9 Å². The van der Waals surface area contributed by atoms with Gasteiger partial charge < -0.3 is 9.84 Å². The molecule has 1 aromatic heterocycles. The largest absolute Gasteiger partial charge is 0.485 e. The molecule has 1 atom stereocenters. The van der Waals surface area contributed by atoms with Gasteiger partial charge in [-0.3, -0.25) is 0 Å². The third-order valence-corrected chi connectivity index (χ3v) is 2.87. The molecule has 1 aliphatic heterocycles. The minimum absolute atomic E-state index is 0.000463. The number of ether oxygens (including phenoxy) is 1. The van der Waals surface area contributed by atoms with Crippen molar-refractivity contribution in [2.45, 2.75) is 12.7 Å². The van der Waals surface area contributed by atoms with E-state index in [1.54, 1.807) is 0 Å². The summed E-state index contributed by atoms with van der Waals surface area (Å²) < 4.78 is 32.1. The van der Waals surface area contributed by atoms with Crippen LogP contribution in [0.3, 0.4) is 0 Å². The summed E-state index contributed by atoms with van der Waals surface area (Å²) in [5.41, 5.74) is 0.501. The van der Waals surface area contributed by atoms with Gasteiger partial charge in [-0.1, -0.05) is 6.07 Å². The molecular weight excluding hydrogens is 242 g/mol. The molecule has 4 nitrogen and oxygen atoms in total. The summed E-state index contributed by atoms with van der Waals surface area (Å²) in [4.78, 5) is 7.67. The summed E-state index contributed by atoms with van der Waals surface area (Å²) >= 11 is 0. The molecule has 0 saturated carbocycles. The van der Waals surface area contributed by atoms with Gasteiger partial charge in [0, 0.05) is 5.56 Å². The lowest BCUT2D eigenvalue weighted by atomic mass is 10.0. The van der Waals surface area contributed by atoms with E-state index in [0.29, 0.717) is 0 Å². The molecule has 0 spiro atoms. The molecule has 1 N–H and O–H groups in total. The first-order chi connectivity index (χ1) is 8.68. The summed E-state index contributed by atoms with van der Waals surface area (Å²) in [7, 11) is 0. The van der Waals surface area contributed by atoms with Crippen LogP contribution in [0.2, 0.25) is 0 Å². The normalized spacial score (nSPS) is 17.4. The van der Waals surface area contributed by atoms with Gasteiger partial charge in [-0.05, 0) is 11.6 Å². The fourth-order valence-corrected chi connectivity index (χ4v) is 1.95. The molecule has 1 aliphatic rings. The number of benzene rings is 1. The molecule has 0 amide bonds. The van der Waals surface area contributed by atoms with E-state index in [0.717, 1.165) is 6.07 Å². The van der Waals surface area contributed by atoms with E-state index in [4.69, 9.17) is 4.74 Å². The van der Waals surface area contributed by atoms with Crippen LogP contribution in [0.5, 0.6) is 5.75 Å². The lowest BCUT2D eigenvalue weighted by Gasteiger charge is -2.11. The first-order valence-corrected chi connectivity index (χ1v) is 5.26. The van der Waals surface area contributed by atoms with E-state index < -0.39 is 17.7 Å². The topological polar surface area (TPSA) is 55.2 Å². The van der Waals surface area contributed by atoms with Crippen LogP contribution in [-0.4, -0.2) is 15.1 Å². The molecule has 0 saturated heterocycles. The van der Waals surface area contributed by atoms with Crippen molar-refractivity contribution < 1.29 is 18.6 Å². The van der Waals surface area contributed by atoms with Crippen molar-refractivity contribution in [3.63, 3.8) is 0 Å². The van der Waals surface area contributed by atoms with Crippen molar-refractivity contribution in [3.8, 4) is 5.75 Å². The smallest absolute Gasteiger partial charge is 0.165 e. The Kier molecular flexibility index (Phi) is 2.45. The van der Waals surface area contributed by atoms with E-state index in [1.807, 2.05) is 0 Å². The highest BCUT2D eigenvalue weighted by molar-refractivity contribution is 5.41. The number of halogens is 2. The zero-order valence-corrected chi connectivity index (χ0v) is 9.10. The highest BCUT2D eigenvalue weighted by atomic mass is 19.2. The molecule has 18 heavy (non-hydrogen) atoms. The van der Waals surface area contributed by atoms with Crippen LogP contribution in [0.4, 0.5) is 8.78 Å². The summed E-state index contributed by atoms with van der Waals surface area (Å²) in [5.74, 6) is -1.71. The Morgan fingerprint density at radius 1 is 1.33 bits per heavy atom. The number of hydrogen-bond donors (Lipinski definition) is 1. The number of aliphatic hydroxyl groups excluding tert-OH is 1. The van der Waals surface area contributed by atoms with Crippen LogP contribution >= 0.6 is 0 Å². The van der Waals surface area contributed by atoms with Crippen molar-refractivity contribution in [2.24, 2.45) is 0 Å². The van der Waals surface area contributed by atoms with Crippen molar-refractivity contribution in [3.05, 3.63) is 53.1 Å². The van der Waals surface area contributed by atoms with Crippen LogP contribution in [0, 0.1) is 11.6 Å². The van der Waals surface area contributed by atoms with E-state index in [2.05, 4.69) is 9.97 Å². The maximum atomic E-state index is 13.7. The van der Waals surface area contributed by atoms with Gasteiger partial charge in [-0.15, -0.1) is 0 Å². The van der Waals surface area contributed by atoms with Crippen molar-refractivity contribution >= 4 is 0 Å². The van der Waals surface area contributed by atoms with Gasteiger partial charge in [-0.25, -0.2) is 18.7 Å². The molecule has 0 bridgehead atoms. The number of nitrogens with zero attached hydrogens (tertiary/aromatic N) is 2. The van der Waals surface area contributed by atoms with Gasteiger partial charge in [0.15, 0.2) is 17.4 Å². The van der Waals surface area contributed by atoms with Crippen LogP contribution < -0.4 is 4.74 Å². The number of aliphatic hydroxyl groups is 1. The molecule has 92 valence electrons. The van der Waals surface area contributed by atoms with Gasteiger partial charge >= 0.3 is 0 Å². The average Bonchev–Trinajstić information content (AvgIpc) is 2.53. The van der Waals surface area contributed by atoms with Gasteiger partial charge in [0.05, 0.1) is 6.20 Å². The summed E-state index contributed by atoms with van der Waals surface area (Å²) in [6.45, 7) is -0.170. The average molecular weight is 250 g/mol. The van der Waals surface area contributed by atoms with Crippen molar-refractivity contribution in [1.29, 1.82) is 0 Å². The SMILES string of the molecule is OC1c2ccc(F)c(F)c2COc2cncnc21. The molecule has 0 radical (unpaired) electrons. The van der Waals surface area contributed by atoms with Crippen molar-refractivity contribution in [1.82, 2.24) is 9.97 Å². The second kappa shape index (κ2) is 3.99. The Labute approximate surface area is 101 Å². The lowest BCUT2D eigenvalue weighted by Crippen LogP contribution is -2.06. The van der Waals surface area contributed by atoms with Crippen LogP contribution in [-0.2, 0) is 6.61 Å². The molecule has 0 aliphatic carbocycles. The van der Waals surface area contributed by atoms with Crippen LogP contribution in [0.25, 0.3) is 0 Å². The van der Waals surface area contributed by atoms with Gasteiger partial charge in [0.25, 0.3) is 0 Å². The maximum Gasteiger partial charge on any atom is 0.165 e. The Hall–Kier alpha value is -2.08. The summed E-state index contributed by atoms with van der Waals surface area (Å²) in [6, 6.07) is 2.31. The second-order valence-electron chi connectivity index (χ2n) is 3.89. The number of rotatable bonds is 0. The minimum Gasteiger partial charge on any atom is -0.485 e. The predicted octanol–water partition coefficient (Wildman–Crippen LogP) is 1.73. The van der Waals surface area contributed by atoms with E-state index >= 15 is 0 Å². The summed E-state index contributed by atoms with van der Waals surface area (Å²) in [5, 5.41) is 10.1. The quantitative estimate of drug-likeness (QED) is 0.773. The van der Waals surface area contributed by atoms with Gasteiger partial charge in [0.2, 0.25) is 0 Å². The molecular formula is C12H8F2N2O2. The minimum atomic E-state index is -1.16. The van der Waals surface area contributed by atoms with Gasteiger partial charge in [-0.2, -0.15) is 0 Å². The highest BCUT2D eigenvalue weighted by Gasteiger charge is 2.27. The maximum absolute atomic E-state index is 13.7. The first-order valence-electron chi connectivity index (χ1n) is 5.26. The molecule has 2 heterocycles. The van der Waals surface area contributed by atoms with Gasteiger partial charge in [0.1, 0.15) is 24.7 Å². The van der Waals surface area contributed by atoms with E-state index in [9.17, 15) is 13.9 Å². The highest BCUT2D eigenvalue weighted by Crippen LogP contribution is 2.34. The Morgan fingerprint density at radius 2 is 2.17 bits per heavy atom. The Morgan fingerprint density at radius 3 is 3.00 bits per heavy atom. The zero-order valence-electron chi connectivity index (χ0n) is 9.10. The predicted molar refractivity (Wildman–Crippen MR) is 56.8 cm³/mol. The Bertz CT molecular complexity index is 619. The molecule has 1 aromatic carbocycles.